The van der Waals surface area contributed by atoms with Crippen LogP contribution in [0.1, 0.15) is 23.2 Å². The molecule has 0 spiro atoms. The van der Waals surface area contributed by atoms with Crippen LogP contribution in [0.4, 0.5) is 0 Å². The van der Waals surface area contributed by atoms with Gasteiger partial charge < -0.3 is 5.32 Å². The third kappa shape index (κ3) is 4.44. The van der Waals surface area contributed by atoms with E-state index >= 15 is 0 Å². The predicted molar refractivity (Wildman–Crippen MR) is 74.5 cm³/mol. The van der Waals surface area contributed by atoms with Crippen LogP contribution in [-0.4, -0.2) is 17.8 Å². The van der Waals surface area contributed by atoms with Gasteiger partial charge in [0.15, 0.2) is 0 Å². The van der Waals surface area contributed by atoms with E-state index in [1.165, 1.54) is 0 Å². The van der Waals surface area contributed by atoms with Gasteiger partial charge in [0, 0.05) is 21.9 Å². The Morgan fingerprint density at radius 1 is 1.38 bits per heavy atom. The van der Waals surface area contributed by atoms with Crippen LogP contribution in [0.5, 0.6) is 0 Å². The molecule has 0 unspecified atom stereocenters. The van der Waals surface area contributed by atoms with E-state index in [1.54, 1.807) is 18.2 Å². The fraction of sp³-hybridized carbons (Fsp3) is 0.364. The smallest absolute Gasteiger partial charge is 0.251 e. The maximum atomic E-state index is 11.7. The molecule has 0 atom stereocenters. The van der Waals surface area contributed by atoms with Crippen LogP contribution < -0.4 is 5.32 Å². The Hall–Kier alpha value is -0.0600. The molecule has 88 valence electrons. The average molecular weight is 369 g/mol. The van der Waals surface area contributed by atoms with E-state index in [2.05, 4.69) is 37.2 Å². The zero-order valence-corrected chi connectivity index (χ0v) is 12.5. The fourth-order valence-corrected chi connectivity index (χ4v) is 1.98. The molecular weight excluding hydrogens is 357 g/mol. The van der Waals surface area contributed by atoms with Crippen LogP contribution >= 0.6 is 43.5 Å². The monoisotopic (exact) mass is 367 g/mol. The van der Waals surface area contributed by atoms with Gasteiger partial charge in [0.25, 0.3) is 5.91 Å². The third-order valence-electron chi connectivity index (χ3n) is 2.03. The van der Waals surface area contributed by atoms with E-state index in [4.69, 9.17) is 11.6 Å². The van der Waals surface area contributed by atoms with Crippen LogP contribution in [0.15, 0.2) is 22.7 Å². The molecule has 2 nitrogen and oxygen atoms in total. The minimum Gasteiger partial charge on any atom is -0.352 e. The lowest BCUT2D eigenvalue weighted by molar-refractivity contribution is 0.0953. The van der Waals surface area contributed by atoms with Crippen molar-refractivity contribution in [2.75, 3.05) is 11.9 Å². The topological polar surface area (TPSA) is 29.1 Å². The summed E-state index contributed by atoms with van der Waals surface area (Å²) in [4.78, 5) is 11.7. The average Bonchev–Trinajstić information content (AvgIpc) is 2.28. The number of nitrogens with one attached hydrogen (secondary N) is 1. The summed E-state index contributed by atoms with van der Waals surface area (Å²) in [7, 11) is 0. The number of hydrogen-bond donors (Lipinski definition) is 1. The van der Waals surface area contributed by atoms with E-state index in [1.807, 2.05) is 0 Å². The highest BCUT2D eigenvalue weighted by molar-refractivity contribution is 9.10. The van der Waals surface area contributed by atoms with Crippen molar-refractivity contribution in [3.8, 4) is 0 Å². The number of hydrogen-bond acceptors (Lipinski definition) is 1. The molecule has 5 heteroatoms. The van der Waals surface area contributed by atoms with Gasteiger partial charge in [-0.15, -0.1) is 0 Å². The molecule has 1 amide bonds. The Kier molecular flexibility index (Phi) is 6.39. The predicted octanol–water partition coefficient (Wildman–Crippen LogP) is 4.01. The Balaban J connectivity index is 2.50. The van der Waals surface area contributed by atoms with E-state index in [0.29, 0.717) is 17.1 Å². The van der Waals surface area contributed by atoms with Crippen molar-refractivity contribution < 1.29 is 4.79 Å². The maximum absolute atomic E-state index is 11.7. The van der Waals surface area contributed by atoms with Gasteiger partial charge in [0.1, 0.15) is 0 Å². The highest BCUT2D eigenvalue weighted by Gasteiger charge is 2.06. The standard InChI is InChI=1S/C11H12Br2ClNO/c12-5-1-2-6-15-11(16)8-3-4-9(13)10(14)7-8/h3-4,7H,1-2,5-6H2,(H,15,16). The van der Waals surface area contributed by atoms with Crippen LogP contribution in [-0.2, 0) is 0 Å². The fourth-order valence-electron chi connectivity index (χ4n) is 1.16. The molecule has 0 heterocycles. The van der Waals surface area contributed by atoms with Crippen LogP contribution in [0.3, 0.4) is 0 Å². The zero-order valence-electron chi connectivity index (χ0n) is 8.60. The first kappa shape index (κ1) is 14.0. The molecule has 1 aromatic carbocycles. The molecule has 0 fully saturated rings. The molecule has 0 bridgehead atoms. The molecular formula is C11H12Br2ClNO. The lowest BCUT2D eigenvalue weighted by Crippen LogP contribution is -2.24. The number of rotatable bonds is 5. The summed E-state index contributed by atoms with van der Waals surface area (Å²) in [6.45, 7) is 0.693. The van der Waals surface area contributed by atoms with Crippen molar-refractivity contribution in [1.29, 1.82) is 0 Å². The van der Waals surface area contributed by atoms with Crippen LogP contribution in [0.25, 0.3) is 0 Å². The van der Waals surface area contributed by atoms with E-state index in [-0.39, 0.29) is 5.91 Å². The first-order chi connectivity index (χ1) is 7.65. The molecule has 0 aliphatic heterocycles. The summed E-state index contributed by atoms with van der Waals surface area (Å²) in [5, 5.41) is 4.36. The summed E-state index contributed by atoms with van der Waals surface area (Å²) in [5.74, 6) is -0.0797. The number of carbonyl (C=O) groups is 1. The van der Waals surface area contributed by atoms with Gasteiger partial charge in [-0.2, -0.15) is 0 Å². The van der Waals surface area contributed by atoms with Gasteiger partial charge in [-0.3, -0.25) is 4.79 Å². The van der Waals surface area contributed by atoms with E-state index < -0.39 is 0 Å². The van der Waals surface area contributed by atoms with E-state index in [0.717, 1.165) is 22.6 Å². The quantitative estimate of drug-likeness (QED) is 0.617. The summed E-state index contributed by atoms with van der Waals surface area (Å²) in [5.41, 5.74) is 0.590. The molecule has 0 saturated carbocycles. The summed E-state index contributed by atoms with van der Waals surface area (Å²) in [6, 6.07) is 5.18. The minimum atomic E-state index is -0.0797. The Morgan fingerprint density at radius 2 is 2.12 bits per heavy atom. The number of benzene rings is 1. The van der Waals surface area contributed by atoms with Crippen LogP contribution in [0.2, 0.25) is 5.02 Å². The van der Waals surface area contributed by atoms with Gasteiger partial charge >= 0.3 is 0 Å². The van der Waals surface area contributed by atoms with Gasteiger partial charge in [-0.25, -0.2) is 0 Å². The van der Waals surface area contributed by atoms with Gasteiger partial charge in [0.2, 0.25) is 0 Å². The Bertz CT molecular complexity index is 371. The number of alkyl halides is 1. The first-order valence-corrected chi connectivity index (χ1v) is 7.23. The zero-order chi connectivity index (χ0) is 12.0. The third-order valence-corrected chi connectivity index (χ3v) is 3.82. The Labute approximate surface area is 117 Å². The van der Waals surface area contributed by atoms with Crippen molar-refractivity contribution in [2.24, 2.45) is 0 Å². The number of amides is 1. The summed E-state index contributed by atoms with van der Waals surface area (Å²) >= 11 is 12.5. The largest absolute Gasteiger partial charge is 0.352 e. The van der Waals surface area contributed by atoms with Crippen molar-refractivity contribution in [2.45, 2.75) is 12.8 Å². The summed E-state index contributed by atoms with van der Waals surface area (Å²) in [6.07, 6.45) is 2.03. The molecule has 0 aliphatic carbocycles. The number of halogens is 3. The van der Waals surface area contributed by atoms with Gasteiger partial charge in [0.05, 0.1) is 5.02 Å². The molecule has 1 rings (SSSR count). The SMILES string of the molecule is O=C(NCCCCBr)c1ccc(Br)c(Cl)c1. The molecule has 0 radical (unpaired) electrons. The second-order valence-electron chi connectivity index (χ2n) is 3.28. The molecule has 0 aromatic heterocycles. The number of carbonyl (C=O) groups excluding carboxylic acids is 1. The highest BCUT2D eigenvalue weighted by Crippen LogP contribution is 2.23. The van der Waals surface area contributed by atoms with Crippen molar-refractivity contribution in [3.63, 3.8) is 0 Å². The number of unbranched alkanes of at least 4 members (excludes halogenated alkanes) is 1. The Morgan fingerprint density at radius 3 is 2.75 bits per heavy atom. The normalized spacial score (nSPS) is 10.2. The summed E-state index contributed by atoms with van der Waals surface area (Å²) < 4.78 is 0.796. The second-order valence-corrected chi connectivity index (χ2v) is 5.34. The molecule has 16 heavy (non-hydrogen) atoms. The van der Waals surface area contributed by atoms with Crippen LogP contribution in [0, 0.1) is 0 Å². The van der Waals surface area contributed by atoms with E-state index in [9.17, 15) is 4.79 Å². The van der Waals surface area contributed by atoms with Gasteiger partial charge in [-0.05, 0) is 47.0 Å². The lowest BCUT2D eigenvalue weighted by Gasteiger charge is -2.05. The van der Waals surface area contributed by atoms with Crippen molar-refractivity contribution in [1.82, 2.24) is 5.32 Å². The molecule has 0 aliphatic rings. The lowest BCUT2D eigenvalue weighted by atomic mass is 10.2. The highest BCUT2D eigenvalue weighted by atomic mass is 79.9. The second kappa shape index (κ2) is 7.30. The first-order valence-electron chi connectivity index (χ1n) is 4.94. The molecule has 1 aromatic rings. The van der Waals surface area contributed by atoms with Crippen molar-refractivity contribution in [3.05, 3.63) is 33.3 Å². The molecule has 0 saturated heterocycles. The van der Waals surface area contributed by atoms with Crippen molar-refractivity contribution >= 4 is 49.4 Å². The molecule has 1 N–H and O–H groups in total. The maximum Gasteiger partial charge on any atom is 0.251 e. The minimum absolute atomic E-state index is 0.0797. The van der Waals surface area contributed by atoms with Gasteiger partial charge in [-0.1, -0.05) is 27.5 Å².